The molecule has 2 fully saturated rings. The summed E-state index contributed by atoms with van der Waals surface area (Å²) in [6, 6.07) is 1.91. The van der Waals surface area contributed by atoms with Crippen molar-refractivity contribution in [3.05, 3.63) is 28.3 Å². The van der Waals surface area contributed by atoms with Crippen LogP contribution in [0.4, 0.5) is 0 Å². The number of fused-ring (bicyclic) bond motifs is 3. The van der Waals surface area contributed by atoms with Crippen molar-refractivity contribution in [3.8, 4) is 5.75 Å². The zero-order valence-electron chi connectivity index (χ0n) is 19.7. The lowest BCUT2D eigenvalue weighted by molar-refractivity contribution is -0.175. The molecule has 0 spiro atoms. The van der Waals surface area contributed by atoms with Crippen LogP contribution in [0.25, 0.3) is 0 Å². The number of carbonyl (C=O) groups is 5. The van der Waals surface area contributed by atoms with Gasteiger partial charge in [-0.15, -0.1) is 0 Å². The Hall–Kier alpha value is -2.67. The van der Waals surface area contributed by atoms with E-state index >= 15 is 0 Å². The molecule has 7 nitrogen and oxygen atoms in total. The second-order valence-corrected chi connectivity index (χ2v) is 10.8. The average Bonchev–Trinajstić information content (AvgIpc) is 2.69. The number of ketones is 5. The number of hydrogen-bond donors (Lipinski definition) is 2. The Bertz CT molecular complexity index is 1120. The number of aromatic hydroxyl groups is 1. The van der Waals surface area contributed by atoms with Crippen molar-refractivity contribution >= 4 is 28.9 Å². The van der Waals surface area contributed by atoms with Crippen molar-refractivity contribution in [1.29, 1.82) is 0 Å². The van der Waals surface area contributed by atoms with E-state index in [1.807, 2.05) is 33.8 Å². The van der Waals surface area contributed by atoms with Crippen LogP contribution in [-0.2, 0) is 37.4 Å². The predicted molar refractivity (Wildman–Crippen MR) is 118 cm³/mol. The van der Waals surface area contributed by atoms with Crippen LogP contribution in [0.2, 0.25) is 0 Å². The zero-order valence-corrected chi connectivity index (χ0v) is 19.7. The van der Waals surface area contributed by atoms with Gasteiger partial charge in [0.15, 0.2) is 28.7 Å². The number of benzene rings is 1. The van der Waals surface area contributed by atoms with Crippen LogP contribution in [0.1, 0.15) is 74.5 Å². The number of phenolic OH excluding ortho intramolecular Hbond substituents is 1. The average molecular weight is 455 g/mol. The number of rotatable bonds is 2. The monoisotopic (exact) mass is 454 g/mol. The van der Waals surface area contributed by atoms with Gasteiger partial charge in [0.1, 0.15) is 17.5 Å². The molecule has 3 aliphatic rings. The van der Waals surface area contributed by atoms with Crippen LogP contribution >= 0.6 is 0 Å². The molecule has 3 aliphatic carbocycles. The van der Waals surface area contributed by atoms with Crippen molar-refractivity contribution in [2.24, 2.45) is 23.7 Å². The van der Waals surface area contributed by atoms with E-state index in [-0.39, 0.29) is 24.2 Å². The molecule has 0 bridgehead atoms. The quantitative estimate of drug-likeness (QED) is 0.657. The maximum atomic E-state index is 13.7. The maximum Gasteiger partial charge on any atom is 0.190 e. The second kappa shape index (κ2) is 7.42. The van der Waals surface area contributed by atoms with E-state index in [1.54, 1.807) is 0 Å². The molecule has 33 heavy (non-hydrogen) atoms. The SMILES string of the molecule is CCc1cc(C(C)(C)C)c(O)c2c1C[C@H]1C[C@H]3CC(=O)C(C(C)=O)C(=O)[C@@]3(O)C(=O)C1C2=O. The molecule has 5 atom stereocenters. The summed E-state index contributed by atoms with van der Waals surface area (Å²) in [5.74, 6) is -8.52. The van der Waals surface area contributed by atoms with Crippen molar-refractivity contribution in [1.82, 2.24) is 0 Å². The van der Waals surface area contributed by atoms with Crippen LogP contribution < -0.4 is 0 Å². The first-order valence-corrected chi connectivity index (χ1v) is 11.5. The second-order valence-electron chi connectivity index (χ2n) is 10.8. The van der Waals surface area contributed by atoms with Gasteiger partial charge in [0, 0.05) is 17.9 Å². The third kappa shape index (κ3) is 3.15. The van der Waals surface area contributed by atoms with Gasteiger partial charge in [-0.3, -0.25) is 24.0 Å². The van der Waals surface area contributed by atoms with E-state index in [1.165, 1.54) is 0 Å². The number of phenols is 1. The molecule has 2 N–H and O–H groups in total. The number of hydrogen-bond acceptors (Lipinski definition) is 7. The molecule has 0 aromatic heterocycles. The number of Topliss-reactive ketones (excluding diaryl/α,β-unsaturated/α-hetero) is 5. The van der Waals surface area contributed by atoms with Crippen LogP contribution in [0.5, 0.6) is 5.75 Å². The minimum Gasteiger partial charge on any atom is -0.507 e. The molecule has 2 saturated carbocycles. The number of aliphatic hydroxyl groups is 1. The highest BCUT2D eigenvalue weighted by Gasteiger charge is 2.65. The molecular formula is C26H30O7. The minimum atomic E-state index is -2.54. The predicted octanol–water partition coefficient (Wildman–Crippen LogP) is 2.29. The molecule has 0 saturated heterocycles. The summed E-state index contributed by atoms with van der Waals surface area (Å²) in [5.41, 5.74) is -0.681. The Labute approximate surface area is 192 Å². The molecule has 0 heterocycles. The van der Waals surface area contributed by atoms with Gasteiger partial charge in [-0.05, 0) is 48.6 Å². The molecular weight excluding hydrogens is 424 g/mol. The van der Waals surface area contributed by atoms with E-state index in [0.717, 1.165) is 12.5 Å². The molecule has 0 aliphatic heterocycles. The van der Waals surface area contributed by atoms with Gasteiger partial charge in [-0.2, -0.15) is 0 Å². The molecule has 4 rings (SSSR count). The van der Waals surface area contributed by atoms with E-state index in [9.17, 15) is 34.2 Å². The summed E-state index contributed by atoms with van der Waals surface area (Å²) in [7, 11) is 0. The van der Waals surface area contributed by atoms with Crippen molar-refractivity contribution in [3.63, 3.8) is 0 Å². The molecule has 2 unspecified atom stereocenters. The Balaban J connectivity index is 1.86. The third-order valence-corrected chi connectivity index (χ3v) is 7.81. The van der Waals surface area contributed by atoms with Crippen molar-refractivity contribution < 1.29 is 34.2 Å². The highest BCUT2D eigenvalue weighted by molar-refractivity contribution is 6.31. The van der Waals surface area contributed by atoms with Gasteiger partial charge in [0.2, 0.25) is 0 Å². The topological polar surface area (TPSA) is 126 Å². The fraction of sp³-hybridized carbons (Fsp3) is 0.577. The lowest BCUT2D eigenvalue weighted by atomic mass is 9.53. The van der Waals surface area contributed by atoms with Gasteiger partial charge in [-0.1, -0.05) is 33.8 Å². The van der Waals surface area contributed by atoms with E-state index in [4.69, 9.17) is 0 Å². The molecule has 176 valence electrons. The Kier molecular flexibility index (Phi) is 5.28. The Morgan fingerprint density at radius 2 is 1.76 bits per heavy atom. The largest absolute Gasteiger partial charge is 0.507 e. The first-order chi connectivity index (χ1) is 15.2. The van der Waals surface area contributed by atoms with Crippen LogP contribution in [0.3, 0.4) is 0 Å². The Morgan fingerprint density at radius 3 is 2.30 bits per heavy atom. The van der Waals surface area contributed by atoms with Gasteiger partial charge < -0.3 is 10.2 Å². The molecule has 1 aromatic rings. The van der Waals surface area contributed by atoms with Gasteiger partial charge in [0.25, 0.3) is 0 Å². The fourth-order valence-corrected chi connectivity index (χ4v) is 6.12. The normalized spacial score (nSPS) is 31.7. The summed E-state index contributed by atoms with van der Waals surface area (Å²) in [6.45, 7) is 8.80. The van der Waals surface area contributed by atoms with E-state index in [2.05, 4.69) is 0 Å². The Morgan fingerprint density at radius 1 is 1.12 bits per heavy atom. The van der Waals surface area contributed by atoms with Crippen LogP contribution in [0, 0.1) is 23.7 Å². The maximum absolute atomic E-state index is 13.7. The summed E-state index contributed by atoms with van der Waals surface area (Å²) in [4.78, 5) is 64.7. The van der Waals surface area contributed by atoms with Gasteiger partial charge >= 0.3 is 0 Å². The first kappa shape index (κ1) is 23.5. The van der Waals surface area contributed by atoms with E-state index < -0.39 is 63.6 Å². The third-order valence-electron chi connectivity index (χ3n) is 7.81. The van der Waals surface area contributed by atoms with Crippen LogP contribution in [-0.4, -0.2) is 44.7 Å². The molecule has 7 heteroatoms. The highest BCUT2D eigenvalue weighted by Crippen LogP contribution is 2.51. The minimum absolute atomic E-state index is 0.0957. The lowest BCUT2D eigenvalue weighted by Crippen LogP contribution is -2.67. The summed E-state index contributed by atoms with van der Waals surface area (Å²) >= 11 is 0. The molecule has 0 amide bonds. The lowest BCUT2D eigenvalue weighted by Gasteiger charge is -2.49. The van der Waals surface area contributed by atoms with Gasteiger partial charge in [0.05, 0.1) is 11.5 Å². The molecule has 0 radical (unpaired) electrons. The summed E-state index contributed by atoms with van der Waals surface area (Å²) in [5, 5.41) is 22.4. The van der Waals surface area contributed by atoms with Crippen LogP contribution in [0.15, 0.2) is 6.07 Å². The first-order valence-electron chi connectivity index (χ1n) is 11.5. The van der Waals surface area contributed by atoms with Crippen molar-refractivity contribution in [2.45, 2.75) is 71.3 Å². The standard InChI is InChI=1S/C26H30O7/c1-6-12-9-16(25(3,4)5)21(29)20-15(12)8-13-7-14-10-17(28)18(11(2)27)23(31)26(14,33)24(32)19(13)22(20)30/h9,13-14,18-19,29,33H,6-8,10H2,1-5H3/t13-,14+,18?,19?,26-/m1/s1. The fourth-order valence-electron chi connectivity index (χ4n) is 6.12. The number of carbonyl (C=O) groups excluding carboxylic acids is 5. The smallest absolute Gasteiger partial charge is 0.190 e. The van der Waals surface area contributed by atoms with E-state index in [0.29, 0.717) is 24.0 Å². The highest BCUT2D eigenvalue weighted by atomic mass is 16.3. The summed E-state index contributed by atoms with van der Waals surface area (Å²) in [6.07, 6.45) is 0.862. The van der Waals surface area contributed by atoms with Gasteiger partial charge in [-0.25, -0.2) is 0 Å². The number of aryl methyl sites for hydroxylation is 1. The molecule has 1 aromatic carbocycles. The zero-order chi connectivity index (χ0) is 24.6. The van der Waals surface area contributed by atoms with Crippen molar-refractivity contribution in [2.75, 3.05) is 0 Å². The summed E-state index contributed by atoms with van der Waals surface area (Å²) < 4.78 is 0.